The van der Waals surface area contributed by atoms with E-state index in [-0.39, 0.29) is 0 Å². The molecule has 1 nitrogen and oxygen atoms in total. The number of para-hydroxylation sites is 1. The Balaban J connectivity index is 1.28. The van der Waals surface area contributed by atoms with Crippen molar-refractivity contribution >= 4 is 43.3 Å². The van der Waals surface area contributed by atoms with Gasteiger partial charge in [-0.1, -0.05) is 146 Å². The van der Waals surface area contributed by atoms with Gasteiger partial charge in [0.15, 0.2) is 0 Å². The molecule has 1 heteroatoms. The maximum Gasteiger partial charge on any atom is 0.143 e. The third-order valence-corrected chi connectivity index (χ3v) is 8.84. The van der Waals surface area contributed by atoms with Crippen LogP contribution in [0.5, 0.6) is 0 Å². The van der Waals surface area contributed by atoms with E-state index < -0.39 is 0 Å². The van der Waals surface area contributed by atoms with Gasteiger partial charge < -0.3 is 4.42 Å². The van der Waals surface area contributed by atoms with E-state index in [0.29, 0.717) is 0 Å². The molecule has 9 aromatic rings. The van der Waals surface area contributed by atoms with E-state index in [1.54, 1.807) is 0 Å². The Labute approximate surface area is 249 Å². The molecule has 1 aromatic heterocycles. The smallest absolute Gasteiger partial charge is 0.143 e. The summed E-state index contributed by atoms with van der Waals surface area (Å²) in [4.78, 5) is 0. The lowest BCUT2D eigenvalue weighted by Gasteiger charge is -2.17. The van der Waals surface area contributed by atoms with E-state index in [1.165, 1.54) is 54.6 Å². The molecule has 0 fully saturated rings. The largest absolute Gasteiger partial charge is 0.455 e. The summed E-state index contributed by atoms with van der Waals surface area (Å²) in [6.07, 6.45) is 0. The van der Waals surface area contributed by atoms with Gasteiger partial charge in [-0.05, 0) is 72.3 Å². The van der Waals surface area contributed by atoms with Crippen molar-refractivity contribution < 1.29 is 4.42 Å². The summed E-state index contributed by atoms with van der Waals surface area (Å²) < 4.78 is 6.48. The Morgan fingerprint density at radius 3 is 1.58 bits per heavy atom. The first-order chi connectivity index (χ1) is 21.3. The van der Waals surface area contributed by atoms with Crippen LogP contribution in [0, 0.1) is 0 Å². The van der Waals surface area contributed by atoms with Gasteiger partial charge >= 0.3 is 0 Å². The summed E-state index contributed by atoms with van der Waals surface area (Å²) in [6, 6.07) is 56.7. The quantitative estimate of drug-likeness (QED) is 0.200. The van der Waals surface area contributed by atoms with Crippen molar-refractivity contribution in [1.82, 2.24) is 0 Å². The summed E-state index contributed by atoms with van der Waals surface area (Å²) in [5, 5.41) is 8.91. The van der Waals surface area contributed by atoms with Crippen LogP contribution < -0.4 is 0 Å². The van der Waals surface area contributed by atoms with Crippen molar-refractivity contribution in [1.29, 1.82) is 0 Å². The van der Waals surface area contributed by atoms with Crippen molar-refractivity contribution in [3.63, 3.8) is 0 Å². The normalized spacial score (nSPS) is 11.7. The molecule has 0 aliphatic rings. The fourth-order valence-corrected chi connectivity index (χ4v) is 6.89. The van der Waals surface area contributed by atoms with Gasteiger partial charge in [0.25, 0.3) is 0 Å². The average Bonchev–Trinajstić information content (AvgIpc) is 3.48. The Kier molecular flexibility index (Phi) is 5.27. The number of hydrogen-bond acceptors (Lipinski definition) is 1. The molecular formula is C42H26O. The first-order valence-electron chi connectivity index (χ1n) is 14.8. The Hall–Kier alpha value is -5.66. The lowest BCUT2D eigenvalue weighted by atomic mass is 9.87. The second kappa shape index (κ2) is 9.44. The highest BCUT2D eigenvalue weighted by Gasteiger charge is 2.19. The highest BCUT2D eigenvalue weighted by Crippen LogP contribution is 2.45. The lowest BCUT2D eigenvalue weighted by molar-refractivity contribution is 0.632. The average molecular weight is 547 g/mol. The Morgan fingerprint density at radius 2 is 0.884 bits per heavy atom. The molecule has 1 heterocycles. The molecule has 0 spiro atoms. The number of rotatable bonds is 4. The van der Waals surface area contributed by atoms with E-state index in [9.17, 15) is 0 Å². The molecule has 0 saturated heterocycles. The van der Waals surface area contributed by atoms with Gasteiger partial charge in [0.1, 0.15) is 11.3 Å². The summed E-state index contributed by atoms with van der Waals surface area (Å²) in [5.41, 5.74) is 9.22. The van der Waals surface area contributed by atoms with Crippen LogP contribution in [0.25, 0.3) is 88.0 Å². The zero-order chi connectivity index (χ0) is 28.3. The molecule has 8 aromatic carbocycles. The minimum absolute atomic E-state index is 0.902. The zero-order valence-electron chi connectivity index (χ0n) is 23.4. The maximum absolute atomic E-state index is 6.48. The fourth-order valence-electron chi connectivity index (χ4n) is 6.89. The maximum atomic E-state index is 6.48. The number of benzene rings is 8. The number of furan rings is 1. The Bertz CT molecular complexity index is 2430. The van der Waals surface area contributed by atoms with Crippen molar-refractivity contribution in [2.75, 3.05) is 0 Å². The highest BCUT2D eigenvalue weighted by molar-refractivity contribution is 6.27. The second-order valence-electron chi connectivity index (χ2n) is 11.3. The highest BCUT2D eigenvalue weighted by atomic mass is 16.3. The van der Waals surface area contributed by atoms with E-state index in [4.69, 9.17) is 4.42 Å². The van der Waals surface area contributed by atoms with E-state index >= 15 is 0 Å². The van der Waals surface area contributed by atoms with Crippen LogP contribution in [0.1, 0.15) is 0 Å². The van der Waals surface area contributed by atoms with Crippen molar-refractivity contribution in [3.05, 3.63) is 158 Å². The van der Waals surface area contributed by atoms with Crippen molar-refractivity contribution in [2.45, 2.75) is 0 Å². The molecular weight excluding hydrogens is 520 g/mol. The standard InChI is InChI=1S/C42H26O/c1-3-10-27(11-4-1)33-22-18-28-21-25-36-34(23-19-29-20-24-35(33)39(28)40(29)36)31-14-9-15-32(26-31)41-37-16-7-8-17-38(37)43-42(41)30-12-5-2-6-13-30/h1-26H. The summed E-state index contributed by atoms with van der Waals surface area (Å²) >= 11 is 0. The molecule has 43 heavy (non-hydrogen) atoms. The SMILES string of the molecule is c1ccc(-c2oc3ccccc3c2-c2cccc(-c3ccc4ccc5c(-c6ccccc6)ccc6ccc3c4c65)c2)cc1. The molecule has 0 aliphatic heterocycles. The molecule has 200 valence electrons. The minimum atomic E-state index is 0.902. The first kappa shape index (κ1) is 24.0. The molecule has 0 amide bonds. The molecule has 0 atom stereocenters. The second-order valence-corrected chi connectivity index (χ2v) is 11.3. The monoisotopic (exact) mass is 546 g/mol. The third-order valence-electron chi connectivity index (χ3n) is 8.84. The molecule has 0 unspecified atom stereocenters. The molecule has 0 N–H and O–H groups in total. The molecule has 0 saturated carbocycles. The van der Waals surface area contributed by atoms with Gasteiger partial charge in [-0.2, -0.15) is 0 Å². The summed E-state index contributed by atoms with van der Waals surface area (Å²) in [7, 11) is 0. The van der Waals surface area contributed by atoms with Crippen LogP contribution in [0.15, 0.2) is 162 Å². The number of hydrogen-bond donors (Lipinski definition) is 0. The van der Waals surface area contributed by atoms with Crippen LogP contribution in [0.3, 0.4) is 0 Å². The van der Waals surface area contributed by atoms with Gasteiger partial charge in [-0.25, -0.2) is 0 Å². The van der Waals surface area contributed by atoms with Crippen LogP contribution >= 0.6 is 0 Å². The van der Waals surface area contributed by atoms with Gasteiger partial charge in [0, 0.05) is 16.5 Å². The third kappa shape index (κ3) is 3.72. The van der Waals surface area contributed by atoms with Crippen molar-refractivity contribution in [3.8, 4) is 44.7 Å². The topological polar surface area (TPSA) is 13.1 Å². The zero-order valence-corrected chi connectivity index (χ0v) is 23.4. The van der Waals surface area contributed by atoms with E-state index in [2.05, 4.69) is 146 Å². The molecule has 0 bridgehead atoms. The van der Waals surface area contributed by atoms with Gasteiger partial charge in [0.05, 0.1) is 0 Å². The van der Waals surface area contributed by atoms with Crippen LogP contribution in [0.2, 0.25) is 0 Å². The van der Waals surface area contributed by atoms with E-state index in [1.807, 2.05) is 12.1 Å². The summed E-state index contributed by atoms with van der Waals surface area (Å²) in [5.74, 6) is 0.905. The summed E-state index contributed by atoms with van der Waals surface area (Å²) in [6.45, 7) is 0. The van der Waals surface area contributed by atoms with Crippen molar-refractivity contribution in [2.24, 2.45) is 0 Å². The first-order valence-corrected chi connectivity index (χ1v) is 14.8. The Morgan fingerprint density at radius 1 is 0.349 bits per heavy atom. The molecule has 9 rings (SSSR count). The van der Waals surface area contributed by atoms with Crippen LogP contribution in [0.4, 0.5) is 0 Å². The molecule has 0 radical (unpaired) electrons. The molecule has 0 aliphatic carbocycles. The van der Waals surface area contributed by atoms with Gasteiger partial charge in [0.2, 0.25) is 0 Å². The van der Waals surface area contributed by atoms with Crippen LogP contribution in [-0.4, -0.2) is 0 Å². The van der Waals surface area contributed by atoms with Gasteiger partial charge in [-0.3, -0.25) is 0 Å². The minimum Gasteiger partial charge on any atom is -0.455 e. The van der Waals surface area contributed by atoms with Gasteiger partial charge in [-0.15, -0.1) is 0 Å². The predicted molar refractivity (Wildman–Crippen MR) is 182 cm³/mol. The van der Waals surface area contributed by atoms with E-state index in [0.717, 1.165) is 33.4 Å². The fraction of sp³-hybridized carbons (Fsp3) is 0. The lowest BCUT2D eigenvalue weighted by Crippen LogP contribution is -1.90. The van der Waals surface area contributed by atoms with Crippen LogP contribution in [-0.2, 0) is 0 Å². The predicted octanol–water partition coefficient (Wildman–Crippen LogP) is 12.0. The number of fused-ring (bicyclic) bond motifs is 1.